The van der Waals surface area contributed by atoms with Gasteiger partial charge in [-0.15, -0.1) is 0 Å². The first-order valence-corrected chi connectivity index (χ1v) is 13.9. The lowest BCUT2D eigenvalue weighted by Crippen LogP contribution is -2.77. The van der Waals surface area contributed by atoms with Crippen molar-refractivity contribution in [1.29, 1.82) is 0 Å². The molecule has 2 amide bonds. The third kappa shape index (κ3) is 5.71. The van der Waals surface area contributed by atoms with Crippen LogP contribution >= 0.6 is 0 Å². The molecule has 0 spiro atoms. The summed E-state index contributed by atoms with van der Waals surface area (Å²) in [6, 6.07) is 25.2. The molecule has 208 valence electrons. The Hall–Kier alpha value is -3.83. The third-order valence-corrected chi connectivity index (χ3v) is 8.23. The molecular weight excluding hydrogens is 502 g/mol. The van der Waals surface area contributed by atoms with Crippen LogP contribution in [0.5, 0.6) is 5.75 Å². The number of rotatable bonds is 6. The molecule has 5 rings (SSSR count). The average molecular weight is 540 g/mol. The molecule has 3 N–H and O–H groups in total. The Balaban J connectivity index is 1.40. The van der Waals surface area contributed by atoms with E-state index < -0.39 is 5.54 Å². The molecule has 0 saturated carbocycles. The second kappa shape index (κ2) is 12.6. The summed E-state index contributed by atoms with van der Waals surface area (Å²) in [7, 11) is 1.61. The maximum absolute atomic E-state index is 13.5. The van der Waals surface area contributed by atoms with E-state index in [1.165, 1.54) is 0 Å². The normalized spacial score (nSPS) is 22.5. The Kier molecular flexibility index (Phi) is 8.71. The molecule has 2 saturated heterocycles. The summed E-state index contributed by atoms with van der Waals surface area (Å²) < 4.78 is 5.23. The summed E-state index contributed by atoms with van der Waals surface area (Å²) in [5.74, 6) is 7.13. The fourth-order valence-corrected chi connectivity index (χ4v) is 6.33. The van der Waals surface area contributed by atoms with Gasteiger partial charge in [-0.1, -0.05) is 42.2 Å². The van der Waals surface area contributed by atoms with Crippen LogP contribution in [0, 0.1) is 11.8 Å². The Morgan fingerprint density at radius 2 is 1.62 bits per heavy atom. The number of aliphatic hydroxyl groups is 2. The molecule has 0 aliphatic carbocycles. The van der Waals surface area contributed by atoms with Gasteiger partial charge in [-0.05, 0) is 79.9 Å². The number of ether oxygens (including phenoxy) is 1. The Labute approximate surface area is 236 Å². The molecular formula is C33H37N3O4. The maximum atomic E-state index is 13.5. The van der Waals surface area contributed by atoms with Crippen LogP contribution in [0.1, 0.15) is 41.9 Å². The summed E-state index contributed by atoms with van der Waals surface area (Å²) in [6.07, 6.45) is 2.30. The molecule has 0 aromatic heterocycles. The smallest absolute Gasteiger partial charge is 0.321 e. The van der Waals surface area contributed by atoms with Gasteiger partial charge >= 0.3 is 6.03 Å². The van der Waals surface area contributed by atoms with Gasteiger partial charge in [-0.3, -0.25) is 4.90 Å². The highest BCUT2D eigenvalue weighted by Crippen LogP contribution is 2.52. The number of carbonyl (C=O) groups excluding carboxylic acids is 1. The number of benzene rings is 3. The first kappa shape index (κ1) is 27.7. The molecule has 7 nitrogen and oxygen atoms in total. The van der Waals surface area contributed by atoms with Gasteiger partial charge in [0.05, 0.1) is 13.7 Å². The second-order valence-corrected chi connectivity index (χ2v) is 10.5. The summed E-state index contributed by atoms with van der Waals surface area (Å²) in [4.78, 5) is 17.7. The standard InChI is InChI=1S/C33H37N3O4/c1-40-29-17-15-28(16-18-29)34-32(39)35-20-5-6-21-36-30(23-38)31(33(36,24-35)19-22-37)27-13-11-26(12-14-27)10-9-25-7-3-2-4-8-25/h2-4,7-8,11-18,30-31,37-38H,5-6,19-24H2,1H3,(H,34,39)/t30-,31+,33+/m1/s1. The lowest BCUT2D eigenvalue weighted by molar-refractivity contribution is -0.141. The van der Waals surface area contributed by atoms with Crippen LogP contribution in [0.15, 0.2) is 78.9 Å². The van der Waals surface area contributed by atoms with Crippen molar-refractivity contribution >= 4 is 11.7 Å². The van der Waals surface area contributed by atoms with Crippen LogP contribution in [0.2, 0.25) is 0 Å². The van der Waals surface area contributed by atoms with Gasteiger partial charge < -0.3 is 25.2 Å². The molecule has 2 aliphatic rings. The van der Waals surface area contributed by atoms with Crippen LogP contribution in [-0.4, -0.2) is 77.6 Å². The van der Waals surface area contributed by atoms with E-state index in [1.54, 1.807) is 7.11 Å². The van der Waals surface area contributed by atoms with E-state index in [0.29, 0.717) is 25.2 Å². The zero-order valence-electron chi connectivity index (χ0n) is 22.9. The Morgan fingerprint density at radius 1 is 0.950 bits per heavy atom. The molecule has 40 heavy (non-hydrogen) atoms. The highest BCUT2D eigenvalue weighted by molar-refractivity contribution is 5.89. The van der Waals surface area contributed by atoms with Crippen LogP contribution < -0.4 is 10.1 Å². The number of aliphatic hydroxyl groups excluding tert-OH is 2. The van der Waals surface area contributed by atoms with E-state index in [1.807, 2.05) is 71.6 Å². The van der Waals surface area contributed by atoms with E-state index in [4.69, 9.17) is 4.74 Å². The summed E-state index contributed by atoms with van der Waals surface area (Å²) in [5.41, 5.74) is 3.19. The van der Waals surface area contributed by atoms with Gasteiger partial charge in [0.15, 0.2) is 0 Å². The Bertz CT molecular complexity index is 1330. The van der Waals surface area contributed by atoms with Crippen LogP contribution in [-0.2, 0) is 0 Å². The number of urea groups is 1. The number of hydrogen-bond donors (Lipinski definition) is 3. The Morgan fingerprint density at radius 3 is 2.27 bits per heavy atom. The van der Waals surface area contributed by atoms with Crippen molar-refractivity contribution in [2.75, 3.05) is 45.3 Å². The van der Waals surface area contributed by atoms with Crippen molar-refractivity contribution in [3.8, 4) is 17.6 Å². The van der Waals surface area contributed by atoms with Gasteiger partial charge in [-0.25, -0.2) is 4.79 Å². The fraction of sp³-hybridized carbons (Fsp3) is 0.364. The molecule has 2 aliphatic heterocycles. The van der Waals surface area contributed by atoms with Gasteiger partial charge in [0.1, 0.15) is 5.75 Å². The number of amides is 2. The van der Waals surface area contributed by atoms with E-state index >= 15 is 0 Å². The zero-order valence-corrected chi connectivity index (χ0v) is 22.9. The van der Waals surface area contributed by atoms with Crippen molar-refractivity contribution in [3.05, 3.63) is 95.6 Å². The lowest BCUT2D eigenvalue weighted by atomic mass is 9.62. The van der Waals surface area contributed by atoms with Crippen LogP contribution in [0.4, 0.5) is 10.5 Å². The molecule has 0 bridgehead atoms. The minimum atomic E-state index is -0.475. The zero-order chi connectivity index (χ0) is 28.0. The van der Waals surface area contributed by atoms with E-state index in [2.05, 4.69) is 34.2 Å². The van der Waals surface area contributed by atoms with Gasteiger partial charge in [0, 0.05) is 54.0 Å². The van der Waals surface area contributed by atoms with Gasteiger partial charge in [0.25, 0.3) is 0 Å². The number of methoxy groups -OCH3 is 1. The van der Waals surface area contributed by atoms with E-state index in [-0.39, 0.29) is 31.2 Å². The largest absolute Gasteiger partial charge is 0.497 e. The minimum Gasteiger partial charge on any atom is -0.497 e. The fourth-order valence-electron chi connectivity index (χ4n) is 6.33. The minimum absolute atomic E-state index is 0.000276. The number of anilines is 1. The van der Waals surface area contributed by atoms with Gasteiger partial charge in [-0.2, -0.15) is 0 Å². The number of nitrogens with one attached hydrogen (secondary N) is 1. The number of carbonyl (C=O) groups is 1. The van der Waals surface area contributed by atoms with Crippen molar-refractivity contribution in [1.82, 2.24) is 9.80 Å². The molecule has 3 atom stereocenters. The number of fused-ring (bicyclic) bond motifs is 1. The van der Waals surface area contributed by atoms with Gasteiger partial charge in [0.2, 0.25) is 0 Å². The van der Waals surface area contributed by atoms with Crippen molar-refractivity contribution in [3.63, 3.8) is 0 Å². The van der Waals surface area contributed by atoms with E-state index in [9.17, 15) is 15.0 Å². The number of hydrogen-bond acceptors (Lipinski definition) is 5. The molecule has 2 heterocycles. The van der Waals surface area contributed by atoms with Crippen molar-refractivity contribution < 1.29 is 19.7 Å². The first-order valence-electron chi connectivity index (χ1n) is 13.9. The van der Waals surface area contributed by atoms with Crippen LogP contribution in [0.25, 0.3) is 0 Å². The van der Waals surface area contributed by atoms with Crippen LogP contribution in [0.3, 0.4) is 0 Å². The summed E-state index contributed by atoms with van der Waals surface area (Å²) in [5, 5.41) is 23.7. The average Bonchev–Trinajstić information content (AvgIpc) is 2.98. The predicted molar refractivity (Wildman–Crippen MR) is 156 cm³/mol. The molecule has 3 aromatic carbocycles. The SMILES string of the molecule is COc1ccc(NC(=O)N2CCCCN3[C@H](CO)[C@H](c4ccc(C#Cc5ccccc5)cc4)[C@]3(CCO)C2)cc1. The monoisotopic (exact) mass is 539 g/mol. The highest BCUT2D eigenvalue weighted by atomic mass is 16.5. The molecule has 7 heteroatoms. The topological polar surface area (TPSA) is 85.3 Å². The van der Waals surface area contributed by atoms with E-state index in [0.717, 1.165) is 41.8 Å². The number of nitrogens with zero attached hydrogens (tertiary/aromatic N) is 2. The second-order valence-electron chi connectivity index (χ2n) is 10.5. The van der Waals surface area contributed by atoms with Crippen molar-refractivity contribution in [2.45, 2.75) is 36.8 Å². The molecule has 0 radical (unpaired) electrons. The van der Waals surface area contributed by atoms with Crippen molar-refractivity contribution in [2.24, 2.45) is 0 Å². The predicted octanol–water partition coefficient (Wildman–Crippen LogP) is 4.30. The molecule has 0 unspecified atom stereocenters. The molecule has 3 aromatic rings. The highest BCUT2D eigenvalue weighted by Gasteiger charge is 2.60. The maximum Gasteiger partial charge on any atom is 0.321 e. The molecule has 2 fully saturated rings. The lowest BCUT2D eigenvalue weighted by Gasteiger charge is -2.66. The third-order valence-electron chi connectivity index (χ3n) is 8.23. The quantitative estimate of drug-likeness (QED) is 0.407. The summed E-state index contributed by atoms with van der Waals surface area (Å²) in [6.45, 7) is 1.95. The summed E-state index contributed by atoms with van der Waals surface area (Å²) >= 11 is 0. The first-order chi connectivity index (χ1) is 19.6.